The van der Waals surface area contributed by atoms with Crippen molar-refractivity contribution in [3.8, 4) is 0 Å². The van der Waals surface area contributed by atoms with E-state index in [1.54, 1.807) is 12.1 Å². The molecule has 0 spiro atoms. The van der Waals surface area contributed by atoms with Crippen LogP contribution in [0.25, 0.3) is 0 Å². The number of benzene rings is 1. The van der Waals surface area contributed by atoms with Gasteiger partial charge in [-0.05, 0) is 46.3 Å². The minimum absolute atomic E-state index is 0.0945. The van der Waals surface area contributed by atoms with Crippen molar-refractivity contribution in [3.63, 3.8) is 0 Å². The maximum absolute atomic E-state index is 13.8. The summed E-state index contributed by atoms with van der Waals surface area (Å²) < 4.78 is 14.1. The summed E-state index contributed by atoms with van der Waals surface area (Å²) >= 11 is 6.63. The predicted octanol–water partition coefficient (Wildman–Crippen LogP) is 4.27. The van der Waals surface area contributed by atoms with Gasteiger partial charge in [-0.2, -0.15) is 0 Å². The third-order valence-electron chi connectivity index (χ3n) is 3.77. The Kier molecular flexibility index (Phi) is 5.01. The Balaban J connectivity index is 2.03. The lowest BCUT2D eigenvalue weighted by molar-refractivity contribution is 0.0931. The molecule has 1 aliphatic carbocycles. The minimum atomic E-state index is -0.501. The van der Waals surface area contributed by atoms with Crippen LogP contribution in [0.15, 0.2) is 22.7 Å². The van der Waals surface area contributed by atoms with Crippen LogP contribution in [0.1, 0.15) is 36.0 Å². The van der Waals surface area contributed by atoms with E-state index in [1.165, 1.54) is 18.9 Å². The van der Waals surface area contributed by atoms with Gasteiger partial charge in [0, 0.05) is 11.9 Å². The normalized spacial score (nSPS) is 17.4. The van der Waals surface area contributed by atoms with Gasteiger partial charge < -0.3 is 5.32 Å². The second kappa shape index (κ2) is 6.35. The molecule has 0 heterocycles. The number of nitrogens with one attached hydrogen (secondary N) is 1. The number of amides is 1. The Morgan fingerprint density at radius 2 is 2.05 bits per heavy atom. The molecule has 1 N–H and O–H groups in total. The fourth-order valence-electron chi connectivity index (χ4n) is 2.52. The first-order valence-corrected chi connectivity index (χ1v) is 8.28. The molecular weight excluding hydrogens is 377 g/mol. The van der Waals surface area contributed by atoms with Crippen LogP contribution in [0.3, 0.4) is 0 Å². The van der Waals surface area contributed by atoms with E-state index >= 15 is 0 Å². The monoisotopic (exact) mass is 391 g/mol. The van der Waals surface area contributed by atoms with Gasteiger partial charge in [0.25, 0.3) is 5.91 Å². The lowest BCUT2D eigenvalue weighted by Crippen LogP contribution is -2.37. The van der Waals surface area contributed by atoms with E-state index in [1.807, 2.05) is 0 Å². The summed E-state index contributed by atoms with van der Waals surface area (Å²) in [5.74, 6) is -0.842. The number of halogens is 3. The molecule has 104 valence electrons. The van der Waals surface area contributed by atoms with E-state index < -0.39 is 5.82 Å². The third-order valence-corrected chi connectivity index (χ3v) is 5.57. The molecule has 2 nitrogen and oxygen atoms in total. The van der Waals surface area contributed by atoms with Gasteiger partial charge in [0.2, 0.25) is 0 Å². The smallest absolute Gasteiger partial charge is 0.254 e. The van der Waals surface area contributed by atoms with E-state index in [0.717, 1.165) is 18.2 Å². The molecule has 0 unspecified atom stereocenters. The number of carbonyl (C=O) groups is 1. The van der Waals surface area contributed by atoms with Gasteiger partial charge in [0.05, 0.1) is 10.0 Å². The highest BCUT2D eigenvalue weighted by molar-refractivity contribution is 9.10. The van der Waals surface area contributed by atoms with Crippen LogP contribution in [0.2, 0.25) is 0 Å². The Morgan fingerprint density at radius 3 is 2.68 bits per heavy atom. The summed E-state index contributed by atoms with van der Waals surface area (Å²) in [5.41, 5.74) is 0.232. The molecule has 1 aromatic rings. The van der Waals surface area contributed by atoms with Crippen molar-refractivity contribution in [2.24, 2.45) is 5.41 Å². The summed E-state index contributed by atoms with van der Waals surface area (Å²) in [6.07, 6.45) is 4.62. The zero-order valence-electron chi connectivity index (χ0n) is 10.5. The molecule has 19 heavy (non-hydrogen) atoms. The largest absolute Gasteiger partial charge is 0.351 e. The van der Waals surface area contributed by atoms with E-state index in [9.17, 15) is 9.18 Å². The van der Waals surface area contributed by atoms with Crippen molar-refractivity contribution in [2.75, 3.05) is 11.9 Å². The second-order valence-electron chi connectivity index (χ2n) is 5.12. The molecule has 0 aromatic heterocycles. The van der Waals surface area contributed by atoms with Crippen LogP contribution < -0.4 is 5.32 Å². The van der Waals surface area contributed by atoms with Gasteiger partial charge in [0.1, 0.15) is 5.82 Å². The summed E-state index contributed by atoms with van der Waals surface area (Å²) in [5, 5.41) is 3.75. The van der Waals surface area contributed by atoms with E-state index in [0.29, 0.717) is 11.0 Å². The second-order valence-corrected chi connectivity index (χ2v) is 6.54. The summed E-state index contributed by atoms with van der Waals surface area (Å²) in [7, 11) is 0. The molecule has 1 saturated carbocycles. The average molecular weight is 393 g/mol. The molecule has 0 atom stereocenters. The molecular formula is C14H16Br2FNO. The lowest BCUT2D eigenvalue weighted by atomic mass is 9.89. The first kappa shape index (κ1) is 15.0. The van der Waals surface area contributed by atoms with Crippen LogP contribution in [-0.4, -0.2) is 17.8 Å². The first-order chi connectivity index (χ1) is 9.08. The van der Waals surface area contributed by atoms with Gasteiger partial charge in [-0.3, -0.25) is 4.79 Å². The van der Waals surface area contributed by atoms with Gasteiger partial charge in [-0.25, -0.2) is 4.39 Å². The third kappa shape index (κ3) is 3.37. The van der Waals surface area contributed by atoms with E-state index in [-0.39, 0.29) is 16.9 Å². The highest BCUT2D eigenvalue weighted by atomic mass is 79.9. The standard InChI is InChI=1S/C14H16Br2FNO/c15-8-14(6-1-2-7-14)9-18-13(19)10-4-3-5-11(16)12(10)17/h3-5H,1-2,6-9H2,(H,18,19). The Labute approximate surface area is 129 Å². The highest BCUT2D eigenvalue weighted by Gasteiger charge is 2.33. The summed E-state index contributed by atoms with van der Waals surface area (Å²) in [4.78, 5) is 12.0. The number of hydrogen-bond donors (Lipinski definition) is 1. The molecule has 0 radical (unpaired) electrons. The zero-order valence-corrected chi connectivity index (χ0v) is 13.7. The Morgan fingerprint density at radius 1 is 1.37 bits per heavy atom. The van der Waals surface area contributed by atoms with Crippen molar-refractivity contribution in [3.05, 3.63) is 34.1 Å². The minimum Gasteiger partial charge on any atom is -0.351 e. The molecule has 5 heteroatoms. The Bertz CT molecular complexity index is 473. The Hall–Kier alpha value is -0.420. The van der Waals surface area contributed by atoms with Crippen molar-refractivity contribution in [1.82, 2.24) is 5.32 Å². The fourth-order valence-corrected chi connectivity index (χ4v) is 3.65. The summed E-state index contributed by atoms with van der Waals surface area (Å²) in [6, 6.07) is 4.76. The molecule has 0 aliphatic heterocycles. The predicted molar refractivity (Wildman–Crippen MR) is 81.1 cm³/mol. The molecule has 2 rings (SSSR count). The first-order valence-electron chi connectivity index (χ1n) is 6.36. The van der Waals surface area contributed by atoms with Gasteiger partial charge in [0.15, 0.2) is 0 Å². The maximum atomic E-state index is 13.8. The van der Waals surface area contributed by atoms with Gasteiger partial charge in [-0.1, -0.05) is 34.8 Å². The zero-order chi connectivity index (χ0) is 13.9. The van der Waals surface area contributed by atoms with Gasteiger partial charge >= 0.3 is 0 Å². The molecule has 1 aromatic carbocycles. The van der Waals surface area contributed by atoms with Crippen molar-refractivity contribution in [2.45, 2.75) is 25.7 Å². The lowest BCUT2D eigenvalue weighted by Gasteiger charge is -2.26. The fraction of sp³-hybridized carbons (Fsp3) is 0.500. The quantitative estimate of drug-likeness (QED) is 0.761. The average Bonchev–Trinajstić information content (AvgIpc) is 2.89. The number of rotatable bonds is 4. The van der Waals surface area contributed by atoms with Gasteiger partial charge in [-0.15, -0.1) is 0 Å². The summed E-state index contributed by atoms with van der Waals surface area (Å²) in [6.45, 7) is 0.600. The van der Waals surface area contributed by atoms with Crippen LogP contribution >= 0.6 is 31.9 Å². The van der Waals surface area contributed by atoms with Crippen LogP contribution in [0, 0.1) is 11.2 Å². The molecule has 0 saturated heterocycles. The highest BCUT2D eigenvalue weighted by Crippen LogP contribution is 2.39. The molecule has 1 amide bonds. The molecule has 1 fully saturated rings. The van der Waals surface area contributed by atoms with E-state index in [2.05, 4.69) is 37.2 Å². The van der Waals surface area contributed by atoms with Crippen molar-refractivity contribution >= 4 is 37.8 Å². The SMILES string of the molecule is O=C(NCC1(CBr)CCCC1)c1cccc(Br)c1F. The maximum Gasteiger partial charge on any atom is 0.254 e. The number of hydrogen-bond acceptors (Lipinski definition) is 1. The van der Waals surface area contributed by atoms with Crippen LogP contribution in [-0.2, 0) is 0 Å². The molecule has 0 bridgehead atoms. The number of carbonyl (C=O) groups excluding carboxylic acids is 1. The molecule has 1 aliphatic rings. The van der Waals surface area contributed by atoms with Crippen LogP contribution in [0.5, 0.6) is 0 Å². The van der Waals surface area contributed by atoms with Crippen LogP contribution in [0.4, 0.5) is 4.39 Å². The van der Waals surface area contributed by atoms with Crippen molar-refractivity contribution in [1.29, 1.82) is 0 Å². The van der Waals surface area contributed by atoms with E-state index in [4.69, 9.17) is 0 Å². The topological polar surface area (TPSA) is 29.1 Å². The van der Waals surface area contributed by atoms with Crippen molar-refractivity contribution < 1.29 is 9.18 Å². The number of alkyl halides is 1.